The van der Waals surface area contributed by atoms with E-state index < -0.39 is 5.41 Å². The van der Waals surface area contributed by atoms with Crippen molar-refractivity contribution >= 4 is 23.2 Å². The summed E-state index contributed by atoms with van der Waals surface area (Å²) in [5.41, 5.74) is 2.20. The zero-order valence-corrected chi connectivity index (χ0v) is 12.5. The van der Waals surface area contributed by atoms with Crippen molar-refractivity contribution in [1.82, 2.24) is 0 Å². The van der Waals surface area contributed by atoms with E-state index in [0.717, 1.165) is 16.8 Å². The van der Waals surface area contributed by atoms with Gasteiger partial charge in [0.05, 0.1) is 23.9 Å². The Morgan fingerprint density at radius 1 is 1.27 bits per heavy atom. The molecule has 4 heteroatoms. The Morgan fingerprint density at radius 2 is 2.05 bits per heavy atom. The van der Waals surface area contributed by atoms with Crippen LogP contribution in [-0.4, -0.2) is 5.91 Å². The number of fused-ring (bicyclic) bond motifs is 2. The maximum Gasteiger partial charge on any atom is 0.239 e. The van der Waals surface area contributed by atoms with Gasteiger partial charge in [-0.2, -0.15) is 5.26 Å². The van der Waals surface area contributed by atoms with Crippen molar-refractivity contribution in [2.45, 2.75) is 18.4 Å². The van der Waals surface area contributed by atoms with Gasteiger partial charge in [-0.15, -0.1) is 0 Å². The molecule has 2 aliphatic rings. The van der Waals surface area contributed by atoms with Crippen LogP contribution in [0.3, 0.4) is 0 Å². The van der Waals surface area contributed by atoms with Crippen LogP contribution in [0.4, 0.5) is 5.69 Å². The smallest absolute Gasteiger partial charge is 0.239 e. The van der Waals surface area contributed by atoms with Crippen LogP contribution in [0, 0.1) is 17.2 Å². The molecule has 1 aliphatic heterocycles. The second-order valence-corrected chi connectivity index (χ2v) is 6.33. The second-order valence-electron chi connectivity index (χ2n) is 5.90. The maximum atomic E-state index is 13.0. The topological polar surface area (TPSA) is 44.1 Å². The highest BCUT2D eigenvalue weighted by molar-refractivity contribution is 6.31. The van der Waals surface area contributed by atoms with Gasteiger partial charge in [-0.3, -0.25) is 4.79 Å². The standard InChI is InChI=1S/C18H13ClN2O/c19-14-6-7-16-15(8-14)18(9-13(18)10-20)17(22)21(16)11-12-4-2-1-3-5-12/h1-8,13H,9,11H2/t13?,18-/m0/s1. The summed E-state index contributed by atoms with van der Waals surface area (Å²) in [5.74, 6) is -0.210. The number of hydrogen-bond acceptors (Lipinski definition) is 2. The van der Waals surface area contributed by atoms with Crippen molar-refractivity contribution in [3.05, 3.63) is 64.7 Å². The number of hydrogen-bond donors (Lipinski definition) is 0. The lowest BCUT2D eigenvalue weighted by Gasteiger charge is -2.18. The minimum atomic E-state index is -0.663. The van der Waals surface area contributed by atoms with E-state index in [-0.39, 0.29) is 11.8 Å². The van der Waals surface area contributed by atoms with Crippen molar-refractivity contribution in [2.75, 3.05) is 4.90 Å². The first-order chi connectivity index (χ1) is 10.7. The molecule has 3 nitrogen and oxygen atoms in total. The Hall–Kier alpha value is -2.31. The van der Waals surface area contributed by atoms with E-state index >= 15 is 0 Å². The van der Waals surface area contributed by atoms with Gasteiger partial charge in [0.1, 0.15) is 0 Å². The molecule has 0 N–H and O–H groups in total. The Balaban J connectivity index is 1.79. The third-order valence-electron chi connectivity index (χ3n) is 4.66. The quantitative estimate of drug-likeness (QED) is 0.849. The average Bonchev–Trinajstić information content (AvgIpc) is 3.24. The Labute approximate surface area is 133 Å². The Kier molecular flexibility index (Phi) is 2.79. The van der Waals surface area contributed by atoms with E-state index in [1.54, 1.807) is 11.0 Å². The van der Waals surface area contributed by atoms with E-state index in [1.807, 2.05) is 42.5 Å². The fraction of sp³-hybridized carbons (Fsp3) is 0.222. The molecular weight excluding hydrogens is 296 g/mol. The van der Waals surface area contributed by atoms with Crippen LogP contribution in [0.15, 0.2) is 48.5 Å². The number of nitrogens with zero attached hydrogens (tertiary/aromatic N) is 2. The molecule has 1 aliphatic carbocycles. The molecule has 0 aromatic heterocycles. The molecule has 1 spiro atoms. The molecule has 1 saturated carbocycles. The van der Waals surface area contributed by atoms with Gasteiger partial charge < -0.3 is 4.90 Å². The molecule has 22 heavy (non-hydrogen) atoms. The number of anilines is 1. The third-order valence-corrected chi connectivity index (χ3v) is 4.89. The largest absolute Gasteiger partial charge is 0.307 e. The molecule has 2 aromatic carbocycles. The first-order valence-corrected chi connectivity index (χ1v) is 7.60. The van der Waals surface area contributed by atoms with E-state index in [9.17, 15) is 10.1 Å². The van der Waals surface area contributed by atoms with Gasteiger partial charge in [0.2, 0.25) is 5.91 Å². The molecule has 2 atom stereocenters. The number of benzene rings is 2. The fourth-order valence-corrected chi connectivity index (χ4v) is 3.61. The van der Waals surface area contributed by atoms with Crippen molar-refractivity contribution in [3.8, 4) is 6.07 Å². The third kappa shape index (κ3) is 1.71. The number of carbonyl (C=O) groups is 1. The number of halogens is 1. The monoisotopic (exact) mass is 308 g/mol. The molecule has 1 heterocycles. The van der Waals surface area contributed by atoms with Crippen LogP contribution >= 0.6 is 11.6 Å². The molecule has 0 saturated heterocycles. The molecule has 1 unspecified atom stereocenters. The van der Waals surface area contributed by atoms with Crippen molar-refractivity contribution in [1.29, 1.82) is 5.26 Å². The maximum absolute atomic E-state index is 13.0. The Bertz CT molecular complexity index is 812. The molecular formula is C18H13ClN2O. The predicted molar refractivity (Wildman–Crippen MR) is 84.5 cm³/mol. The molecule has 1 amide bonds. The van der Waals surface area contributed by atoms with Gasteiger partial charge in [0.15, 0.2) is 0 Å². The highest BCUT2D eigenvalue weighted by Crippen LogP contribution is 2.61. The summed E-state index contributed by atoms with van der Waals surface area (Å²) in [6.45, 7) is 0.522. The van der Waals surface area contributed by atoms with Gasteiger partial charge in [-0.25, -0.2) is 0 Å². The summed E-state index contributed by atoms with van der Waals surface area (Å²) < 4.78 is 0. The average molecular weight is 309 g/mol. The van der Waals surface area contributed by atoms with Gasteiger partial charge >= 0.3 is 0 Å². The lowest BCUT2D eigenvalue weighted by atomic mass is 9.95. The summed E-state index contributed by atoms with van der Waals surface area (Å²) in [5, 5.41) is 9.87. The highest BCUT2D eigenvalue weighted by atomic mass is 35.5. The molecule has 4 rings (SSSR count). The minimum absolute atomic E-state index is 0.0279. The van der Waals surface area contributed by atoms with E-state index in [1.165, 1.54) is 0 Å². The number of nitriles is 1. The summed E-state index contributed by atoms with van der Waals surface area (Å²) in [6.07, 6.45) is 0.598. The van der Waals surface area contributed by atoms with E-state index in [2.05, 4.69) is 6.07 Å². The Morgan fingerprint density at radius 3 is 2.73 bits per heavy atom. The molecule has 0 bridgehead atoms. The van der Waals surface area contributed by atoms with E-state index in [4.69, 9.17) is 11.6 Å². The number of rotatable bonds is 2. The SMILES string of the molecule is N#CC1C[C@]12C(=O)N(Cc1ccccc1)c1ccc(Cl)cc12. The molecule has 2 aromatic rings. The molecule has 0 radical (unpaired) electrons. The predicted octanol–water partition coefficient (Wildman–Crippen LogP) is 3.67. The lowest BCUT2D eigenvalue weighted by molar-refractivity contribution is -0.120. The van der Waals surface area contributed by atoms with Gasteiger partial charge in [-0.05, 0) is 35.7 Å². The molecule has 108 valence electrons. The van der Waals surface area contributed by atoms with Gasteiger partial charge in [-0.1, -0.05) is 41.9 Å². The first kappa shape index (κ1) is 13.4. The van der Waals surface area contributed by atoms with Crippen LogP contribution < -0.4 is 4.90 Å². The first-order valence-electron chi connectivity index (χ1n) is 7.22. The summed E-state index contributed by atoms with van der Waals surface area (Å²) >= 11 is 6.11. The van der Waals surface area contributed by atoms with Gasteiger partial charge in [0.25, 0.3) is 0 Å². The summed E-state index contributed by atoms with van der Waals surface area (Å²) in [7, 11) is 0. The zero-order valence-electron chi connectivity index (χ0n) is 11.8. The van der Waals surface area contributed by atoms with Crippen LogP contribution in [0.25, 0.3) is 0 Å². The van der Waals surface area contributed by atoms with Crippen LogP contribution in [-0.2, 0) is 16.8 Å². The van der Waals surface area contributed by atoms with E-state index in [0.29, 0.717) is 18.0 Å². The second kappa shape index (κ2) is 4.59. The van der Waals surface area contributed by atoms with Crippen LogP contribution in [0.2, 0.25) is 5.02 Å². The highest BCUT2D eigenvalue weighted by Gasteiger charge is 2.67. The van der Waals surface area contributed by atoms with Crippen molar-refractivity contribution < 1.29 is 4.79 Å². The van der Waals surface area contributed by atoms with Crippen molar-refractivity contribution in [2.24, 2.45) is 5.92 Å². The number of amides is 1. The normalized spacial score (nSPS) is 25.2. The summed E-state index contributed by atoms with van der Waals surface area (Å²) in [6, 6.07) is 17.7. The molecule has 1 fully saturated rings. The van der Waals surface area contributed by atoms with Crippen LogP contribution in [0.5, 0.6) is 0 Å². The fourth-order valence-electron chi connectivity index (χ4n) is 3.44. The summed E-state index contributed by atoms with van der Waals surface area (Å²) in [4.78, 5) is 14.8. The van der Waals surface area contributed by atoms with Gasteiger partial charge in [0, 0.05) is 10.7 Å². The zero-order chi connectivity index (χ0) is 15.3. The van der Waals surface area contributed by atoms with Crippen molar-refractivity contribution in [3.63, 3.8) is 0 Å². The number of carbonyl (C=O) groups excluding carboxylic acids is 1. The van der Waals surface area contributed by atoms with Crippen LogP contribution in [0.1, 0.15) is 17.5 Å². The minimum Gasteiger partial charge on any atom is -0.307 e. The lowest BCUT2D eigenvalue weighted by Crippen LogP contribution is -2.32.